The van der Waals surface area contributed by atoms with Gasteiger partial charge in [0.1, 0.15) is 29.4 Å². The van der Waals surface area contributed by atoms with Crippen molar-refractivity contribution in [2.24, 2.45) is 11.8 Å². The molecule has 2 aromatic carbocycles. The lowest BCUT2D eigenvalue weighted by Gasteiger charge is -2.30. The number of hydrogen-bond donors (Lipinski definition) is 6. The van der Waals surface area contributed by atoms with E-state index in [4.69, 9.17) is 23.6 Å². The van der Waals surface area contributed by atoms with Gasteiger partial charge in [-0.1, -0.05) is 70.0 Å². The summed E-state index contributed by atoms with van der Waals surface area (Å²) in [4.78, 5) is 70.6. The molecule has 2 aliphatic heterocycles. The molecule has 22 heteroatoms. The van der Waals surface area contributed by atoms with E-state index < -0.39 is 44.5 Å². The highest BCUT2D eigenvalue weighted by atomic mass is 32.2. The number of alkyl carbamates (subject to hydrolysis) is 2. The highest BCUT2D eigenvalue weighted by Gasteiger charge is 2.39. The van der Waals surface area contributed by atoms with Gasteiger partial charge in [0.15, 0.2) is 0 Å². The minimum atomic E-state index is -3.67. The van der Waals surface area contributed by atoms with E-state index in [9.17, 15) is 36.0 Å². The molecular formula is C46H58N8O12S2. The van der Waals surface area contributed by atoms with Crippen molar-refractivity contribution in [1.82, 2.24) is 40.4 Å². The van der Waals surface area contributed by atoms with Gasteiger partial charge in [-0.25, -0.2) is 19.6 Å². The normalized spacial score (nSPS) is 16.4. The number of rotatable bonds is 10. The number of H-pyrrole nitrogens is 2. The molecule has 68 heavy (non-hydrogen) atoms. The molecule has 2 aromatic heterocycles. The van der Waals surface area contributed by atoms with E-state index in [1.54, 1.807) is 22.2 Å². The molecule has 4 amide bonds. The number of nitrogens with zero attached hydrogens (tertiary/aromatic N) is 4. The summed E-state index contributed by atoms with van der Waals surface area (Å²) in [6.45, 7) is 8.67. The molecule has 0 spiro atoms. The Balaban J connectivity index is 0.000000913. The van der Waals surface area contributed by atoms with Crippen LogP contribution in [0.5, 0.6) is 0 Å². The molecule has 0 bridgehead atoms. The van der Waals surface area contributed by atoms with Crippen LogP contribution < -0.4 is 10.6 Å². The summed E-state index contributed by atoms with van der Waals surface area (Å²) in [6.07, 6.45) is 6.69. The van der Waals surface area contributed by atoms with Crippen LogP contribution in [0, 0.1) is 35.5 Å². The lowest BCUT2D eigenvalue weighted by Crippen LogP contribution is -2.51. The van der Waals surface area contributed by atoms with Crippen LogP contribution in [0.4, 0.5) is 9.59 Å². The van der Waals surface area contributed by atoms with E-state index in [1.165, 1.54) is 14.2 Å². The topological polar surface area (TPSA) is 283 Å². The van der Waals surface area contributed by atoms with E-state index >= 15 is 0 Å². The molecule has 0 radical (unpaired) electrons. The molecule has 366 valence electrons. The van der Waals surface area contributed by atoms with Gasteiger partial charge in [0, 0.05) is 24.2 Å². The molecule has 6 rings (SSSR count). The monoisotopic (exact) mass is 978 g/mol. The number of ether oxygens (including phenoxy) is 2. The molecule has 2 fully saturated rings. The minimum Gasteiger partial charge on any atom is -0.453 e. The second-order valence-corrected chi connectivity index (χ2v) is 19.5. The van der Waals surface area contributed by atoms with Gasteiger partial charge in [0.05, 0.1) is 56.9 Å². The van der Waals surface area contributed by atoms with Crippen LogP contribution in [-0.2, 0) is 39.3 Å². The first-order valence-electron chi connectivity index (χ1n) is 21.4. The zero-order valence-electron chi connectivity index (χ0n) is 39.1. The van der Waals surface area contributed by atoms with Crippen LogP contribution in [0.15, 0.2) is 60.9 Å². The van der Waals surface area contributed by atoms with Crippen LogP contribution in [0.25, 0.3) is 22.4 Å². The molecule has 3 unspecified atom stereocenters. The molecular weight excluding hydrogens is 921 g/mol. The van der Waals surface area contributed by atoms with Gasteiger partial charge in [-0.2, -0.15) is 16.8 Å². The maximum absolute atomic E-state index is 13.7. The summed E-state index contributed by atoms with van der Waals surface area (Å²) in [5, 5.41) is 5.37. The van der Waals surface area contributed by atoms with Crippen LogP contribution in [0.1, 0.15) is 88.4 Å². The van der Waals surface area contributed by atoms with Crippen molar-refractivity contribution >= 4 is 44.2 Å². The number of amides is 4. The van der Waals surface area contributed by atoms with Crippen molar-refractivity contribution in [2.45, 2.75) is 77.5 Å². The number of methoxy groups -OCH3 is 2. The summed E-state index contributed by atoms with van der Waals surface area (Å²) in [5.41, 5.74) is 4.99. The SMILES string of the molecule is COC(=O)NC(C(=O)N1CCCC1c1ncc(-c2ccc(C#CC#Cc3cnc(C4CCCN4C(=O)[C@@H](NC(=O)OC)C(C)C)[nH]3)c(-c3ccccc3)c2)[nH]1)C(C)C.CS(=O)(=O)O.CS(=O)(=O)O. The number of aromatic amines is 2. The van der Waals surface area contributed by atoms with E-state index in [0.29, 0.717) is 42.9 Å². The maximum Gasteiger partial charge on any atom is 0.407 e. The number of carbonyl (C=O) groups is 4. The third-order valence-corrected chi connectivity index (χ3v) is 10.5. The smallest absolute Gasteiger partial charge is 0.407 e. The Hall–Kier alpha value is -6.72. The predicted molar refractivity (Wildman–Crippen MR) is 252 cm³/mol. The molecule has 4 atom stereocenters. The average molecular weight is 979 g/mol. The van der Waals surface area contributed by atoms with Crippen molar-refractivity contribution < 1.29 is 54.6 Å². The third kappa shape index (κ3) is 16.3. The lowest BCUT2D eigenvalue weighted by atomic mass is 9.96. The Morgan fingerprint density at radius 3 is 1.66 bits per heavy atom. The molecule has 0 aliphatic carbocycles. The fourth-order valence-electron chi connectivity index (χ4n) is 7.48. The zero-order chi connectivity index (χ0) is 50.3. The van der Waals surface area contributed by atoms with Gasteiger partial charge in [-0.05, 0) is 78.5 Å². The van der Waals surface area contributed by atoms with E-state index in [1.807, 2.05) is 70.2 Å². The molecule has 4 aromatic rings. The van der Waals surface area contributed by atoms with Gasteiger partial charge in [-0.3, -0.25) is 18.7 Å². The van der Waals surface area contributed by atoms with E-state index in [2.05, 4.69) is 55.3 Å². The van der Waals surface area contributed by atoms with E-state index in [-0.39, 0.29) is 35.7 Å². The number of hydrogen-bond acceptors (Lipinski definition) is 12. The number of imidazole rings is 2. The fraction of sp³-hybridized carbons (Fsp3) is 0.435. The summed E-state index contributed by atoms with van der Waals surface area (Å²) in [5.74, 6) is 13.0. The Bertz CT molecular complexity index is 2710. The van der Waals surface area contributed by atoms with Crippen LogP contribution in [0.3, 0.4) is 0 Å². The number of likely N-dealkylation sites (tertiary alicyclic amines) is 2. The van der Waals surface area contributed by atoms with Gasteiger partial charge in [0.25, 0.3) is 20.2 Å². The summed E-state index contributed by atoms with van der Waals surface area (Å²) < 4.78 is 61.2. The summed E-state index contributed by atoms with van der Waals surface area (Å²) >= 11 is 0. The van der Waals surface area contributed by atoms with Gasteiger partial charge in [0.2, 0.25) is 11.8 Å². The van der Waals surface area contributed by atoms with E-state index in [0.717, 1.165) is 53.6 Å². The van der Waals surface area contributed by atoms with Crippen molar-refractivity contribution in [3.05, 3.63) is 83.8 Å². The molecule has 20 nitrogen and oxygen atoms in total. The van der Waals surface area contributed by atoms with Gasteiger partial charge in [-0.15, -0.1) is 0 Å². The molecule has 6 N–H and O–H groups in total. The first-order valence-corrected chi connectivity index (χ1v) is 25.1. The standard InChI is InChI=1S/C44H50N8O6.2CH4O3S/c1-27(2)37(49-43(55)57-5)41(53)51-22-12-18-35(51)39-45-25-32(47-39)17-11-10-16-30-20-21-31(24-33(30)29-14-8-7-9-15-29)34-26-46-40(48-34)36-19-13-23-52(36)42(54)38(28(3)4)50-44(56)58-6;2*1-5(2,3)4/h7-9,14-15,20-21,24-28,35-38H,12-13,18-19,22-23H2,1-6H3,(H,45,47)(H,46,48)(H,49,55)(H,50,56);2*1H3,(H,2,3,4)/t35?,36?,37-,38?;;/m0../s1. The second-order valence-electron chi connectivity index (χ2n) is 16.6. The Morgan fingerprint density at radius 1 is 0.706 bits per heavy atom. The average Bonchev–Trinajstić information content (AvgIpc) is 4.12. The number of nitrogens with one attached hydrogen (secondary N) is 4. The predicted octanol–water partition coefficient (Wildman–Crippen LogP) is 4.97. The summed E-state index contributed by atoms with van der Waals surface area (Å²) in [6, 6.07) is 14.0. The highest BCUT2D eigenvalue weighted by Crippen LogP contribution is 2.35. The van der Waals surface area contributed by atoms with Crippen LogP contribution >= 0.6 is 0 Å². The third-order valence-electron chi connectivity index (χ3n) is 10.5. The van der Waals surface area contributed by atoms with Crippen molar-refractivity contribution in [3.63, 3.8) is 0 Å². The molecule has 0 saturated carbocycles. The second kappa shape index (κ2) is 24.3. The van der Waals surface area contributed by atoms with Crippen molar-refractivity contribution in [1.29, 1.82) is 0 Å². The fourth-order valence-corrected chi connectivity index (χ4v) is 7.48. The minimum absolute atomic E-state index is 0.128. The molecule has 2 aliphatic rings. The van der Waals surface area contributed by atoms with Crippen molar-refractivity contribution in [2.75, 3.05) is 39.8 Å². The maximum atomic E-state index is 13.7. The number of aromatic nitrogens is 4. The lowest BCUT2D eigenvalue weighted by molar-refractivity contribution is -0.136. The van der Waals surface area contributed by atoms with Gasteiger partial charge < -0.3 is 39.9 Å². The summed E-state index contributed by atoms with van der Waals surface area (Å²) in [7, 11) is -4.78. The molecule has 4 heterocycles. The van der Waals surface area contributed by atoms with Crippen LogP contribution in [0.2, 0.25) is 0 Å². The quantitative estimate of drug-likeness (QED) is 0.0905. The first kappa shape index (κ1) is 53.9. The molecule has 2 saturated heterocycles. The highest BCUT2D eigenvalue weighted by molar-refractivity contribution is 7.85. The van der Waals surface area contributed by atoms with Crippen LogP contribution in [-0.4, -0.2) is 132 Å². The Labute approximate surface area is 396 Å². The Kier molecular flexibility index (Phi) is 19.3. The Morgan fingerprint density at radius 2 is 1.18 bits per heavy atom. The zero-order valence-corrected chi connectivity index (χ0v) is 40.7. The number of benzene rings is 2. The number of carbonyl (C=O) groups excluding carboxylic acids is 4. The largest absolute Gasteiger partial charge is 0.453 e. The first-order chi connectivity index (χ1) is 32.0. The van der Waals surface area contributed by atoms with Crippen molar-refractivity contribution in [3.8, 4) is 46.1 Å². The van der Waals surface area contributed by atoms with Gasteiger partial charge >= 0.3 is 12.2 Å².